The van der Waals surface area contributed by atoms with Gasteiger partial charge in [-0.15, -0.1) is 0 Å². The molecule has 9 heteroatoms. The van der Waals surface area contributed by atoms with Crippen LogP contribution in [0.4, 0.5) is 17.1 Å². The first-order valence-electron chi connectivity index (χ1n) is 12.1. The van der Waals surface area contributed by atoms with Gasteiger partial charge >= 0.3 is 5.97 Å². The molecule has 38 heavy (non-hydrogen) atoms. The molecular weight excluding hydrogens is 482 g/mol. The summed E-state index contributed by atoms with van der Waals surface area (Å²) in [6, 6.07) is 21.7. The first-order valence-corrected chi connectivity index (χ1v) is 12.1. The average Bonchev–Trinajstić information content (AvgIpc) is 3.65. The Bertz CT molecular complexity index is 1610. The van der Waals surface area contributed by atoms with Gasteiger partial charge in [0.05, 0.1) is 22.5 Å². The minimum atomic E-state index is -1.06. The van der Waals surface area contributed by atoms with Crippen LogP contribution in [0, 0.1) is 0 Å². The van der Waals surface area contributed by atoms with E-state index in [0.717, 1.165) is 22.5 Å². The molecule has 2 aliphatic rings. The molecule has 0 saturated carbocycles. The fourth-order valence-corrected chi connectivity index (χ4v) is 4.94. The maximum Gasteiger partial charge on any atom is 0.335 e. The van der Waals surface area contributed by atoms with Crippen molar-refractivity contribution in [2.75, 3.05) is 22.1 Å². The molecular formula is C29H23N5O4. The molecule has 0 bridgehead atoms. The van der Waals surface area contributed by atoms with Crippen LogP contribution in [0.5, 0.6) is 0 Å². The number of carboxylic acid groups (broad SMARTS) is 1. The molecule has 1 aromatic heterocycles. The van der Waals surface area contributed by atoms with Crippen molar-refractivity contribution in [2.45, 2.75) is 13.0 Å². The zero-order valence-electron chi connectivity index (χ0n) is 20.2. The Morgan fingerprint density at radius 3 is 2.61 bits per heavy atom. The second-order valence-electron chi connectivity index (χ2n) is 9.10. The molecule has 0 saturated heterocycles. The van der Waals surface area contributed by atoms with E-state index in [1.54, 1.807) is 34.1 Å². The zero-order chi connectivity index (χ0) is 26.2. The van der Waals surface area contributed by atoms with Crippen molar-refractivity contribution in [3.05, 3.63) is 107 Å². The number of amides is 2. The number of nitrogens with one attached hydrogen (secondary N) is 2. The highest BCUT2D eigenvalue weighted by Gasteiger charge is 2.30. The first-order chi connectivity index (χ1) is 18.5. The van der Waals surface area contributed by atoms with Crippen LogP contribution in [-0.4, -0.2) is 39.2 Å². The number of nitrogens with zero attached hydrogens (tertiary/aromatic N) is 3. The van der Waals surface area contributed by atoms with Gasteiger partial charge in [-0.25, -0.2) is 4.79 Å². The highest BCUT2D eigenvalue weighted by atomic mass is 16.4. The first kappa shape index (κ1) is 23.2. The number of aromatic nitrogens is 2. The van der Waals surface area contributed by atoms with E-state index in [1.165, 1.54) is 12.1 Å². The van der Waals surface area contributed by atoms with Crippen LogP contribution in [0.3, 0.4) is 0 Å². The van der Waals surface area contributed by atoms with Crippen LogP contribution in [0.15, 0.2) is 85.2 Å². The predicted octanol–water partition coefficient (Wildman–Crippen LogP) is 4.10. The van der Waals surface area contributed by atoms with Gasteiger partial charge in [-0.1, -0.05) is 36.4 Å². The molecule has 3 N–H and O–H groups in total. The van der Waals surface area contributed by atoms with Crippen molar-refractivity contribution >= 4 is 46.1 Å². The summed E-state index contributed by atoms with van der Waals surface area (Å²) in [5, 5.41) is 19.7. The van der Waals surface area contributed by atoms with Gasteiger partial charge in [0.2, 0.25) is 5.91 Å². The molecule has 4 aromatic rings. The van der Waals surface area contributed by atoms with Gasteiger partial charge in [-0.05, 0) is 53.9 Å². The Labute approximate surface area is 218 Å². The van der Waals surface area contributed by atoms with Gasteiger partial charge in [0.1, 0.15) is 6.54 Å². The van der Waals surface area contributed by atoms with E-state index >= 15 is 0 Å². The van der Waals surface area contributed by atoms with Crippen LogP contribution < -0.4 is 15.5 Å². The largest absolute Gasteiger partial charge is 0.478 e. The summed E-state index contributed by atoms with van der Waals surface area (Å²) in [6.45, 7) is 0.766. The Balaban J connectivity index is 1.35. The molecule has 3 aromatic carbocycles. The molecule has 0 fully saturated rings. The lowest BCUT2D eigenvalue weighted by Crippen LogP contribution is -2.32. The zero-order valence-corrected chi connectivity index (χ0v) is 20.2. The Hall–Kier alpha value is -5.18. The Morgan fingerprint density at radius 1 is 1.00 bits per heavy atom. The quantitative estimate of drug-likeness (QED) is 0.340. The van der Waals surface area contributed by atoms with Crippen molar-refractivity contribution < 1.29 is 19.5 Å². The smallest absolute Gasteiger partial charge is 0.335 e. The van der Waals surface area contributed by atoms with Crippen molar-refractivity contribution in [3.8, 4) is 0 Å². The van der Waals surface area contributed by atoms with E-state index in [0.29, 0.717) is 35.5 Å². The fraction of sp³-hybridized carbons (Fsp3) is 0.103. The summed E-state index contributed by atoms with van der Waals surface area (Å²) in [5.41, 5.74) is 5.71. The van der Waals surface area contributed by atoms with Crippen LogP contribution >= 0.6 is 0 Å². The lowest BCUT2D eigenvalue weighted by Gasteiger charge is -2.19. The third-order valence-corrected chi connectivity index (χ3v) is 6.73. The van der Waals surface area contributed by atoms with E-state index in [9.17, 15) is 19.5 Å². The Kier molecular flexibility index (Phi) is 5.72. The second kappa shape index (κ2) is 9.36. The topological polar surface area (TPSA) is 117 Å². The second-order valence-corrected chi connectivity index (χ2v) is 9.10. The summed E-state index contributed by atoms with van der Waals surface area (Å²) in [6.07, 6.45) is 4.13. The summed E-state index contributed by atoms with van der Waals surface area (Å²) in [4.78, 5) is 39.2. The summed E-state index contributed by atoms with van der Waals surface area (Å²) < 4.78 is 1.61. The molecule has 188 valence electrons. The molecule has 3 heterocycles. The number of rotatable bonds is 6. The van der Waals surface area contributed by atoms with Gasteiger partial charge in [-0.3, -0.25) is 14.3 Å². The minimum absolute atomic E-state index is 0.0276. The lowest BCUT2D eigenvalue weighted by molar-refractivity contribution is -0.119. The monoisotopic (exact) mass is 505 g/mol. The number of aromatic carboxylic acids is 1. The third-order valence-electron chi connectivity index (χ3n) is 6.73. The molecule has 0 unspecified atom stereocenters. The molecule has 2 amide bonds. The highest BCUT2D eigenvalue weighted by molar-refractivity contribution is 6.37. The van der Waals surface area contributed by atoms with Crippen molar-refractivity contribution in [3.63, 3.8) is 0 Å². The van der Waals surface area contributed by atoms with Crippen molar-refractivity contribution in [1.82, 2.24) is 9.78 Å². The molecule has 0 radical (unpaired) electrons. The molecule has 2 aliphatic heterocycles. The molecule has 0 spiro atoms. The van der Waals surface area contributed by atoms with Gasteiger partial charge in [0.15, 0.2) is 0 Å². The normalized spacial score (nSPS) is 15.1. The summed E-state index contributed by atoms with van der Waals surface area (Å²) in [5.74, 6) is -1.40. The van der Waals surface area contributed by atoms with Gasteiger partial charge < -0.3 is 20.6 Å². The van der Waals surface area contributed by atoms with E-state index in [2.05, 4.69) is 15.7 Å². The number of carbonyl (C=O) groups is 3. The molecule has 0 aliphatic carbocycles. The predicted molar refractivity (Wildman–Crippen MR) is 144 cm³/mol. The summed E-state index contributed by atoms with van der Waals surface area (Å²) in [7, 11) is 0. The third kappa shape index (κ3) is 4.20. The van der Waals surface area contributed by atoms with Gasteiger partial charge in [0.25, 0.3) is 5.91 Å². The van der Waals surface area contributed by atoms with Crippen LogP contribution in [0.25, 0.3) is 11.3 Å². The van der Waals surface area contributed by atoms with E-state index in [1.807, 2.05) is 48.5 Å². The van der Waals surface area contributed by atoms with Crippen molar-refractivity contribution in [1.29, 1.82) is 0 Å². The number of benzene rings is 3. The van der Waals surface area contributed by atoms with Crippen LogP contribution in [0.1, 0.15) is 27.0 Å². The van der Waals surface area contributed by atoms with E-state index in [4.69, 9.17) is 0 Å². The maximum atomic E-state index is 13.1. The molecule has 0 atom stereocenters. The van der Waals surface area contributed by atoms with Gasteiger partial charge in [-0.2, -0.15) is 5.10 Å². The number of carbonyl (C=O) groups excluding carboxylic acids is 2. The SMILES string of the molecule is O=C1Nc2cc(C(=O)O)ccc2C1=C(Nc1ccc2c(c1)CCN2C(=O)Cn1cccn1)c1ccccc1. The van der Waals surface area contributed by atoms with Gasteiger partial charge in [0, 0.05) is 35.9 Å². The lowest BCUT2D eigenvalue weighted by atomic mass is 9.99. The van der Waals surface area contributed by atoms with Crippen LogP contribution in [0.2, 0.25) is 0 Å². The number of carboxylic acids is 1. The number of hydrogen-bond acceptors (Lipinski definition) is 5. The molecule has 9 nitrogen and oxygen atoms in total. The Morgan fingerprint density at radius 2 is 1.84 bits per heavy atom. The molecule has 6 rings (SSSR count). The standard InChI is InChI=1S/C29H23N5O4/c35-25(17-33-13-4-12-30-33)34-14-11-19-15-21(8-10-24(19)34)31-27(18-5-2-1-3-6-18)26-22-9-7-20(29(37)38)16-23(22)32-28(26)36/h1-10,12-13,15-16,31H,11,14,17H2,(H,32,36)(H,37,38). The summed E-state index contributed by atoms with van der Waals surface area (Å²) >= 11 is 0. The maximum absolute atomic E-state index is 13.1. The number of fused-ring (bicyclic) bond motifs is 2. The highest BCUT2D eigenvalue weighted by Crippen LogP contribution is 2.39. The number of hydrogen-bond donors (Lipinski definition) is 3. The van der Waals surface area contributed by atoms with Crippen LogP contribution in [-0.2, 0) is 22.6 Å². The fourth-order valence-electron chi connectivity index (χ4n) is 4.94. The van der Waals surface area contributed by atoms with E-state index < -0.39 is 5.97 Å². The minimum Gasteiger partial charge on any atom is -0.478 e. The van der Waals surface area contributed by atoms with E-state index in [-0.39, 0.29) is 23.9 Å². The van der Waals surface area contributed by atoms with Crippen molar-refractivity contribution in [2.24, 2.45) is 0 Å². The number of anilines is 3. The average molecular weight is 506 g/mol.